The van der Waals surface area contributed by atoms with E-state index in [0.717, 1.165) is 10.2 Å². The van der Waals surface area contributed by atoms with Crippen LogP contribution < -0.4 is 5.32 Å². The highest BCUT2D eigenvalue weighted by molar-refractivity contribution is 9.10. The van der Waals surface area contributed by atoms with Crippen LogP contribution >= 0.6 is 27.5 Å². The number of halogens is 2. The molecule has 3 rings (SSSR count). The topological polar surface area (TPSA) is 24.9 Å². The van der Waals surface area contributed by atoms with Gasteiger partial charge in [0.15, 0.2) is 0 Å². The summed E-state index contributed by atoms with van der Waals surface area (Å²) in [5.74, 6) is 0.653. The second-order valence-corrected chi connectivity index (χ2v) is 5.49. The first-order chi connectivity index (χ1) is 9.22. The second kappa shape index (κ2) is 5.19. The van der Waals surface area contributed by atoms with Crippen LogP contribution in [0.5, 0.6) is 0 Å². The summed E-state index contributed by atoms with van der Waals surface area (Å²) in [5.41, 5.74) is 0.968. The van der Waals surface area contributed by atoms with Crippen molar-refractivity contribution >= 4 is 49.8 Å². The Morgan fingerprint density at radius 1 is 1.00 bits per heavy atom. The Morgan fingerprint density at radius 3 is 2.58 bits per heavy atom. The van der Waals surface area contributed by atoms with Crippen molar-refractivity contribution in [2.45, 2.75) is 0 Å². The smallest absolute Gasteiger partial charge is 0.149 e. The van der Waals surface area contributed by atoms with Gasteiger partial charge in [0.25, 0.3) is 0 Å². The van der Waals surface area contributed by atoms with Gasteiger partial charge in [-0.05, 0) is 44.9 Å². The molecule has 19 heavy (non-hydrogen) atoms. The zero-order chi connectivity index (χ0) is 13.2. The van der Waals surface area contributed by atoms with Crippen LogP contribution in [0.3, 0.4) is 0 Å². The lowest BCUT2D eigenvalue weighted by Crippen LogP contribution is -1.94. The Morgan fingerprint density at radius 2 is 1.79 bits per heavy atom. The molecule has 0 spiro atoms. The van der Waals surface area contributed by atoms with E-state index in [4.69, 9.17) is 11.6 Å². The summed E-state index contributed by atoms with van der Waals surface area (Å²) in [7, 11) is 0. The first kappa shape index (κ1) is 12.5. The van der Waals surface area contributed by atoms with E-state index in [1.54, 1.807) is 6.20 Å². The molecule has 1 heterocycles. The van der Waals surface area contributed by atoms with Crippen LogP contribution in [0.15, 0.2) is 59.2 Å². The standard InChI is InChI=1S/C15H10BrClN2/c16-12-8-14(17)15(18-9-12)19-13-6-5-10-3-1-2-4-11(10)7-13/h1-9H,(H,18,19). The predicted octanol–water partition coefficient (Wildman–Crippen LogP) is 5.39. The molecular formula is C15H10BrClN2. The fourth-order valence-corrected chi connectivity index (χ4v) is 2.59. The average Bonchev–Trinajstić information content (AvgIpc) is 2.42. The molecule has 0 bridgehead atoms. The fraction of sp³-hybridized carbons (Fsp3) is 0. The summed E-state index contributed by atoms with van der Waals surface area (Å²) in [6, 6.07) is 16.2. The summed E-state index contributed by atoms with van der Waals surface area (Å²) in [5, 5.41) is 6.21. The number of nitrogens with zero attached hydrogens (tertiary/aromatic N) is 1. The lowest BCUT2D eigenvalue weighted by atomic mass is 10.1. The first-order valence-electron chi connectivity index (χ1n) is 5.79. The molecule has 0 saturated carbocycles. The minimum Gasteiger partial charge on any atom is -0.339 e. The van der Waals surface area contributed by atoms with Crippen molar-refractivity contribution < 1.29 is 0 Å². The third-order valence-corrected chi connectivity index (χ3v) is 3.54. The van der Waals surface area contributed by atoms with Gasteiger partial charge in [-0.2, -0.15) is 0 Å². The maximum atomic E-state index is 6.14. The van der Waals surface area contributed by atoms with Crippen molar-refractivity contribution in [3.8, 4) is 0 Å². The number of pyridine rings is 1. The molecular weight excluding hydrogens is 324 g/mol. The molecule has 0 aliphatic carbocycles. The van der Waals surface area contributed by atoms with E-state index in [0.29, 0.717) is 10.8 Å². The quantitative estimate of drug-likeness (QED) is 0.679. The zero-order valence-corrected chi connectivity index (χ0v) is 12.2. The molecule has 4 heteroatoms. The SMILES string of the molecule is Clc1cc(Br)cnc1Nc1ccc2ccccc2c1. The summed E-state index contributed by atoms with van der Waals surface area (Å²) in [6.07, 6.45) is 1.72. The van der Waals surface area contributed by atoms with Gasteiger partial charge in [0, 0.05) is 16.4 Å². The van der Waals surface area contributed by atoms with Crippen LogP contribution in [0, 0.1) is 0 Å². The van der Waals surface area contributed by atoms with E-state index in [2.05, 4.69) is 50.5 Å². The van der Waals surface area contributed by atoms with Gasteiger partial charge in [-0.15, -0.1) is 0 Å². The number of hydrogen-bond acceptors (Lipinski definition) is 2. The molecule has 1 aromatic heterocycles. The third-order valence-electron chi connectivity index (χ3n) is 2.82. The maximum absolute atomic E-state index is 6.14. The summed E-state index contributed by atoms with van der Waals surface area (Å²) < 4.78 is 0.863. The number of anilines is 2. The molecule has 94 valence electrons. The normalized spacial score (nSPS) is 10.6. The number of fused-ring (bicyclic) bond motifs is 1. The van der Waals surface area contributed by atoms with Crippen LogP contribution in [-0.4, -0.2) is 4.98 Å². The largest absolute Gasteiger partial charge is 0.339 e. The Kier molecular flexibility index (Phi) is 3.40. The predicted molar refractivity (Wildman–Crippen MR) is 84.2 cm³/mol. The van der Waals surface area contributed by atoms with Crippen LogP contribution in [0.1, 0.15) is 0 Å². The van der Waals surface area contributed by atoms with E-state index < -0.39 is 0 Å². The molecule has 0 radical (unpaired) electrons. The van der Waals surface area contributed by atoms with Gasteiger partial charge in [-0.1, -0.05) is 41.9 Å². The van der Waals surface area contributed by atoms with Gasteiger partial charge in [0.2, 0.25) is 0 Å². The third kappa shape index (κ3) is 2.72. The minimum absolute atomic E-state index is 0.586. The van der Waals surface area contributed by atoms with Crippen molar-refractivity contribution in [3.63, 3.8) is 0 Å². The highest BCUT2D eigenvalue weighted by Crippen LogP contribution is 2.27. The number of hydrogen-bond donors (Lipinski definition) is 1. The first-order valence-corrected chi connectivity index (χ1v) is 6.96. The molecule has 0 aliphatic heterocycles. The number of benzene rings is 2. The van der Waals surface area contributed by atoms with Gasteiger partial charge < -0.3 is 5.32 Å². The highest BCUT2D eigenvalue weighted by Gasteiger charge is 2.03. The van der Waals surface area contributed by atoms with Crippen molar-refractivity contribution in [1.82, 2.24) is 4.98 Å². The molecule has 1 N–H and O–H groups in total. The summed E-state index contributed by atoms with van der Waals surface area (Å²) in [6.45, 7) is 0. The Bertz CT molecular complexity index is 743. The lowest BCUT2D eigenvalue weighted by molar-refractivity contribution is 1.29. The summed E-state index contributed by atoms with van der Waals surface area (Å²) in [4.78, 5) is 4.26. The Labute approximate surface area is 124 Å². The molecule has 0 aliphatic rings. The van der Waals surface area contributed by atoms with Crippen LogP contribution in [0.2, 0.25) is 5.02 Å². The van der Waals surface area contributed by atoms with Gasteiger partial charge in [-0.3, -0.25) is 0 Å². The number of nitrogens with one attached hydrogen (secondary N) is 1. The molecule has 0 saturated heterocycles. The van der Waals surface area contributed by atoms with Crippen LogP contribution in [-0.2, 0) is 0 Å². The monoisotopic (exact) mass is 332 g/mol. The molecule has 3 aromatic rings. The molecule has 2 aromatic carbocycles. The Hall–Kier alpha value is -1.58. The van der Waals surface area contributed by atoms with E-state index in [1.165, 1.54) is 10.8 Å². The lowest BCUT2D eigenvalue weighted by Gasteiger charge is -2.08. The molecule has 0 atom stereocenters. The second-order valence-electron chi connectivity index (χ2n) is 4.17. The maximum Gasteiger partial charge on any atom is 0.149 e. The van der Waals surface area contributed by atoms with Crippen molar-refractivity contribution in [1.29, 1.82) is 0 Å². The zero-order valence-electron chi connectivity index (χ0n) is 9.90. The van der Waals surface area contributed by atoms with Crippen molar-refractivity contribution in [2.75, 3.05) is 5.32 Å². The average molecular weight is 334 g/mol. The van der Waals surface area contributed by atoms with Crippen molar-refractivity contribution in [2.24, 2.45) is 0 Å². The van der Waals surface area contributed by atoms with Gasteiger partial charge >= 0.3 is 0 Å². The highest BCUT2D eigenvalue weighted by atomic mass is 79.9. The number of rotatable bonds is 2. The van der Waals surface area contributed by atoms with Gasteiger partial charge in [0.1, 0.15) is 5.82 Å². The van der Waals surface area contributed by atoms with E-state index in [-0.39, 0.29) is 0 Å². The number of aromatic nitrogens is 1. The summed E-state index contributed by atoms with van der Waals surface area (Å²) >= 11 is 9.48. The molecule has 0 unspecified atom stereocenters. The van der Waals surface area contributed by atoms with Gasteiger partial charge in [0.05, 0.1) is 5.02 Å². The van der Waals surface area contributed by atoms with Crippen LogP contribution in [0.4, 0.5) is 11.5 Å². The fourth-order valence-electron chi connectivity index (χ4n) is 1.91. The van der Waals surface area contributed by atoms with Crippen LogP contribution in [0.25, 0.3) is 10.8 Å². The molecule has 0 fully saturated rings. The van der Waals surface area contributed by atoms with Gasteiger partial charge in [-0.25, -0.2) is 4.98 Å². The van der Waals surface area contributed by atoms with E-state index in [9.17, 15) is 0 Å². The van der Waals surface area contributed by atoms with E-state index in [1.807, 2.05) is 24.3 Å². The van der Waals surface area contributed by atoms with Crippen molar-refractivity contribution in [3.05, 3.63) is 64.2 Å². The Balaban J connectivity index is 1.96. The molecule has 2 nitrogen and oxygen atoms in total. The van der Waals surface area contributed by atoms with E-state index >= 15 is 0 Å². The minimum atomic E-state index is 0.586. The molecule has 0 amide bonds.